The topological polar surface area (TPSA) is 18.5 Å². The van der Waals surface area contributed by atoms with Crippen molar-refractivity contribution in [1.29, 1.82) is 0 Å². The molecule has 3 heteroatoms. The van der Waals surface area contributed by atoms with Crippen molar-refractivity contribution >= 4 is 0 Å². The van der Waals surface area contributed by atoms with E-state index in [1.54, 1.807) is 0 Å². The normalized spacial score (nSPS) is 39.2. The van der Waals surface area contributed by atoms with Crippen LogP contribution in [0.5, 0.6) is 0 Å². The highest BCUT2D eigenvalue weighted by Crippen LogP contribution is 2.32. The molecule has 2 unspecified atom stereocenters. The van der Waals surface area contributed by atoms with Gasteiger partial charge in [0.2, 0.25) is 0 Å². The van der Waals surface area contributed by atoms with Crippen LogP contribution in [0.2, 0.25) is 0 Å². The second kappa shape index (κ2) is 6.11. The molecule has 0 aromatic carbocycles. The lowest BCUT2D eigenvalue weighted by Gasteiger charge is -2.51. The maximum absolute atomic E-state index is 3.58. The van der Waals surface area contributed by atoms with Crippen molar-refractivity contribution in [2.24, 2.45) is 11.8 Å². The highest BCUT2D eigenvalue weighted by Gasteiger charge is 2.38. The van der Waals surface area contributed by atoms with Crippen molar-refractivity contribution in [3.63, 3.8) is 0 Å². The predicted molar refractivity (Wildman–Crippen MR) is 80.4 cm³/mol. The third-order valence-electron chi connectivity index (χ3n) is 5.58. The van der Waals surface area contributed by atoms with E-state index in [9.17, 15) is 0 Å². The van der Waals surface area contributed by atoms with Crippen LogP contribution in [0.15, 0.2) is 0 Å². The summed E-state index contributed by atoms with van der Waals surface area (Å²) in [5, 5.41) is 3.58. The van der Waals surface area contributed by atoms with Gasteiger partial charge >= 0.3 is 0 Å². The minimum atomic E-state index is 0.701. The Hall–Kier alpha value is -0.120. The molecule has 0 aromatic rings. The van der Waals surface area contributed by atoms with E-state index >= 15 is 0 Å². The van der Waals surface area contributed by atoms with E-state index < -0.39 is 0 Å². The summed E-state index contributed by atoms with van der Waals surface area (Å²) in [5.74, 6) is 1.86. The number of fused-ring (bicyclic) bond motifs is 3. The molecule has 2 bridgehead atoms. The first kappa shape index (κ1) is 13.8. The van der Waals surface area contributed by atoms with Gasteiger partial charge in [-0.25, -0.2) is 0 Å². The van der Waals surface area contributed by atoms with Crippen molar-refractivity contribution in [2.45, 2.75) is 51.6 Å². The summed E-state index contributed by atoms with van der Waals surface area (Å²) in [7, 11) is 0. The summed E-state index contributed by atoms with van der Waals surface area (Å²) in [6, 6.07) is 1.54. The first-order chi connectivity index (χ1) is 9.24. The summed E-state index contributed by atoms with van der Waals surface area (Å²) in [6.07, 6.45) is 5.68. The molecule has 4 aliphatic heterocycles. The van der Waals surface area contributed by atoms with E-state index in [-0.39, 0.29) is 0 Å². The maximum Gasteiger partial charge on any atom is 0.0255 e. The van der Waals surface area contributed by atoms with Crippen LogP contribution in [0, 0.1) is 11.8 Å². The summed E-state index contributed by atoms with van der Waals surface area (Å²) < 4.78 is 0. The second-order valence-corrected chi connectivity index (χ2v) is 7.21. The Morgan fingerprint density at radius 1 is 1.21 bits per heavy atom. The molecule has 0 saturated carbocycles. The van der Waals surface area contributed by atoms with Crippen molar-refractivity contribution < 1.29 is 0 Å². The van der Waals surface area contributed by atoms with Crippen molar-refractivity contribution in [2.75, 3.05) is 39.3 Å². The molecular weight excluding hydrogens is 234 g/mol. The zero-order valence-electron chi connectivity index (χ0n) is 12.8. The van der Waals surface area contributed by atoms with Crippen LogP contribution in [0.1, 0.15) is 39.5 Å². The standard InChI is InChI=1S/C16H31N3/c1-13(2)19(11-14-4-3-7-17-10-14)16-12-18-8-5-15(16)6-9-18/h13-17H,3-12H2,1-2H3. The third-order valence-corrected chi connectivity index (χ3v) is 5.58. The van der Waals surface area contributed by atoms with Gasteiger partial charge in [-0.05, 0) is 77.5 Å². The maximum atomic E-state index is 3.58. The fraction of sp³-hybridized carbons (Fsp3) is 1.00. The summed E-state index contributed by atoms with van der Waals surface area (Å²) in [6.45, 7) is 12.6. The highest BCUT2D eigenvalue weighted by atomic mass is 15.3. The van der Waals surface area contributed by atoms with Crippen LogP contribution in [-0.4, -0.2) is 61.2 Å². The van der Waals surface area contributed by atoms with Crippen LogP contribution < -0.4 is 5.32 Å². The minimum absolute atomic E-state index is 0.701. The van der Waals surface area contributed by atoms with Crippen LogP contribution in [0.25, 0.3) is 0 Å². The molecule has 0 aliphatic carbocycles. The average molecular weight is 265 g/mol. The number of hydrogen-bond acceptors (Lipinski definition) is 3. The fourth-order valence-electron chi connectivity index (χ4n) is 4.42. The lowest BCUT2D eigenvalue weighted by atomic mass is 9.82. The average Bonchev–Trinajstić information content (AvgIpc) is 2.47. The molecule has 2 atom stereocenters. The van der Waals surface area contributed by atoms with Gasteiger partial charge in [0.15, 0.2) is 0 Å². The van der Waals surface area contributed by atoms with Gasteiger partial charge in [0.25, 0.3) is 0 Å². The fourth-order valence-corrected chi connectivity index (χ4v) is 4.42. The van der Waals surface area contributed by atoms with Crippen LogP contribution in [0.3, 0.4) is 0 Å². The van der Waals surface area contributed by atoms with E-state index in [1.165, 1.54) is 65.0 Å². The summed E-state index contributed by atoms with van der Waals surface area (Å²) in [4.78, 5) is 5.53. The van der Waals surface area contributed by atoms with Gasteiger partial charge in [-0.2, -0.15) is 0 Å². The van der Waals surface area contributed by atoms with Gasteiger partial charge in [0.05, 0.1) is 0 Å². The lowest BCUT2D eigenvalue weighted by Crippen LogP contribution is -2.60. The largest absolute Gasteiger partial charge is 0.316 e. The Labute approximate surface area is 118 Å². The summed E-state index contributed by atoms with van der Waals surface area (Å²) >= 11 is 0. The Morgan fingerprint density at radius 2 is 2.00 bits per heavy atom. The smallest absolute Gasteiger partial charge is 0.0255 e. The molecule has 4 saturated heterocycles. The zero-order chi connectivity index (χ0) is 13.2. The molecule has 4 rings (SSSR count). The van der Waals surface area contributed by atoms with Gasteiger partial charge in [-0.1, -0.05) is 0 Å². The molecule has 0 radical (unpaired) electrons. The molecule has 0 amide bonds. The Morgan fingerprint density at radius 3 is 2.53 bits per heavy atom. The Bertz CT molecular complexity index is 278. The van der Waals surface area contributed by atoms with Gasteiger partial charge in [-0.15, -0.1) is 0 Å². The first-order valence-electron chi connectivity index (χ1n) is 8.43. The van der Waals surface area contributed by atoms with E-state index in [1.807, 2.05) is 0 Å². The Balaban J connectivity index is 1.63. The SMILES string of the molecule is CC(C)N(CC1CCCNC1)C1CN2CCC1CC2. The second-order valence-electron chi connectivity index (χ2n) is 7.21. The van der Waals surface area contributed by atoms with Crippen molar-refractivity contribution in [3.05, 3.63) is 0 Å². The molecule has 110 valence electrons. The van der Waals surface area contributed by atoms with E-state index in [2.05, 4.69) is 29.0 Å². The van der Waals surface area contributed by atoms with Crippen molar-refractivity contribution in [3.8, 4) is 0 Å². The molecule has 0 spiro atoms. The first-order valence-corrected chi connectivity index (χ1v) is 8.43. The molecule has 4 fully saturated rings. The van der Waals surface area contributed by atoms with Gasteiger partial charge in [0, 0.05) is 25.2 Å². The van der Waals surface area contributed by atoms with Crippen LogP contribution in [0.4, 0.5) is 0 Å². The number of piperidine rings is 4. The van der Waals surface area contributed by atoms with Crippen molar-refractivity contribution in [1.82, 2.24) is 15.1 Å². The molecular formula is C16H31N3. The van der Waals surface area contributed by atoms with Gasteiger partial charge in [0.1, 0.15) is 0 Å². The molecule has 19 heavy (non-hydrogen) atoms. The number of hydrogen-bond donors (Lipinski definition) is 1. The minimum Gasteiger partial charge on any atom is -0.316 e. The monoisotopic (exact) mass is 265 g/mol. The predicted octanol–water partition coefficient (Wildman–Crippen LogP) is 1.79. The number of nitrogens with one attached hydrogen (secondary N) is 1. The van der Waals surface area contributed by atoms with E-state index in [0.29, 0.717) is 6.04 Å². The zero-order valence-corrected chi connectivity index (χ0v) is 12.8. The van der Waals surface area contributed by atoms with Crippen LogP contribution >= 0.6 is 0 Å². The quantitative estimate of drug-likeness (QED) is 0.836. The van der Waals surface area contributed by atoms with Gasteiger partial charge in [-0.3, -0.25) is 4.90 Å². The highest BCUT2D eigenvalue weighted by molar-refractivity contribution is 4.94. The Kier molecular flexibility index (Phi) is 4.45. The number of rotatable bonds is 4. The number of nitrogens with zero attached hydrogens (tertiary/aromatic N) is 2. The molecule has 4 aliphatic rings. The van der Waals surface area contributed by atoms with Crippen LogP contribution in [-0.2, 0) is 0 Å². The molecule has 4 heterocycles. The lowest BCUT2D eigenvalue weighted by molar-refractivity contribution is -0.0167. The van der Waals surface area contributed by atoms with E-state index in [0.717, 1.165) is 17.9 Å². The van der Waals surface area contributed by atoms with Gasteiger partial charge < -0.3 is 10.2 Å². The molecule has 3 nitrogen and oxygen atoms in total. The molecule has 0 aromatic heterocycles. The third kappa shape index (κ3) is 3.14. The molecule has 1 N–H and O–H groups in total. The summed E-state index contributed by atoms with van der Waals surface area (Å²) in [5.41, 5.74) is 0. The van der Waals surface area contributed by atoms with E-state index in [4.69, 9.17) is 0 Å².